The van der Waals surface area contributed by atoms with Crippen LogP contribution in [0.4, 0.5) is 0 Å². The second-order valence-electron chi connectivity index (χ2n) is 2.10. The van der Waals surface area contributed by atoms with Crippen molar-refractivity contribution in [2.45, 2.75) is 0 Å². The van der Waals surface area contributed by atoms with E-state index in [0.29, 0.717) is 11.4 Å². The Hall–Kier alpha value is -1.07. The quantitative estimate of drug-likeness (QED) is 0.688. The van der Waals surface area contributed by atoms with Crippen molar-refractivity contribution in [3.8, 4) is 0 Å². The molecule has 12 heavy (non-hydrogen) atoms. The summed E-state index contributed by atoms with van der Waals surface area (Å²) >= 11 is 2.54. The number of aromatic nitrogens is 2. The number of hydrogen-bond acceptors (Lipinski definition) is 5. The van der Waals surface area contributed by atoms with Crippen LogP contribution in [0.3, 0.4) is 0 Å². The third kappa shape index (κ3) is 1.28. The Morgan fingerprint density at radius 3 is 1.92 bits per heavy atom. The standard InChI is InChI=1S/C7H4N2OS2/c10-7(5-1-3-11-8-5)6-2-4-12-9-6/h1-4H. The average molecular weight is 196 g/mol. The van der Waals surface area contributed by atoms with E-state index >= 15 is 0 Å². The van der Waals surface area contributed by atoms with Crippen LogP contribution in [0.5, 0.6) is 0 Å². The molecule has 2 heterocycles. The fourth-order valence-corrected chi connectivity index (χ4v) is 1.81. The van der Waals surface area contributed by atoms with Crippen molar-refractivity contribution < 1.29 is 4.79 Å². The van der Waals surface area contributed by atoms with Gasteiger partial charge in [0.15, 0.2) is 0 Å². The van der Waals surface area contributed by atoms with E-state index in [0.717, 1.165) is 0 Å². The number of rotatable bonds is 2. The van der Waals surface area contributed by atoms with Crippen LogP contribution in [0.15, 0.2) is 22.9 Å². The molecule has 0 aliphatic heterocycles. The molecule has 0 saturated heterocycles. The van der Waals surface area contributed by atoms with E-state index in [1.165, 1.54) is 23.1 Å². The van der Waals surface area contributed by atoms with E-state index in [2.05, 4.69) is 8.75 Å². The first kappa shape index (κ1) is 7.57. The molecule has 5 heteroatoms. The molecule has 2 aromatic rings. The van der Waals surface area contributed by atoms with Crippen LogP contribution in [0, 0.1) is 0 Å². The maximum Gasteiger partial charge on any atom is 0.231 e. The molecule has 2 aromatic heterocycles. The van der Waals surface area contributed by atoms with Gasteiger partial charge in [0.25, 0.3) is 0 Å². The molecule has 0 N–H and O–H groups in total. The lowest BCUT2D eigenvalue weighted by molar-refractivity contribution is 0.103. The van der Waals surface area contributed by atoms with Gasteiger partial charge in [-0.2, -0.15) is 8.75 Å². The lowest BCUT2D eigenvalue weighted by Crippen LogP contribution is -2.00. The zero-order valence-corrected chi connectivity index (χ0v) is 7.56. The summed E-state index contributed by atoms with van der Waals surface area (Å²) in [6.07, 6.45) is 0. The highest BCUT2D eigenvalue weighted by atomic mass is 32.1. The molecular formula is C7H4N2OS2. The van der Waals surface area contributed by atoms with E-state index in [1.54, 1.807) is 22.9 Å². The second kappa shape index (κ2) is 3.12. The molecule has 0 aromatic carbocycles. The first-order valence-electron chi connectivity index (χ1n) is 3.23. The molecule has 0 aliphatic carbocycles. The summed E-state index contributed by atoms with van der Waals surface area (Å²) in [6, 6.07) is 3.40. The molecule has 0 amide bonds. The predicted molar refractivity (Wildman–Crippen MR) is 47.7 cm³/mol. The highest BCUT2D eigenvalue weighted by Gasteiger charge is 2.12. The van der Waals surface area contributed by atoms with Crippen molar-refractivity contribution >= 4 is 28.8 Å². The van der Waals surface area contributed by atoms with Crippen molar-refractivity contribution in [3.05, 3.63) is 34.3 Å². The van der Waals surface area contributed by atoms with Gasteiger partial charge in [0.2, 0.25) is 5.78 Å². The van der Waals surface area contributed by atoms with E-state index in [9.17, 15) is 4.79 Å². The number of carbonyl (C=O) groups is 1. The first-order valence-corrected chi connectivity index (χ1v) is 4.91. The topological polar surface area (TPSA) is 42.9 Å². The predicted octanol–water partition coefficient (Wildman–Crippen LogP) is 1.83. The monoisotopic (exact) mass is 196 g/mol. The summed E-state index contributed by atoms with van der Waals surface area (Å²) in [4.78, 5) is 11.5. The zero-order chi connectivity index (χ0) is 8.39. The Kier molecular flexibility index (Phi) is 1.97. The SMILES string of the molecule is O=C(c1ccsn1)c1ccsn1. The highest BCUT2D eigenvalue weighted by Crippen LogP contribution is 2.08. The summed E-state index contributed by atoms with van der Waals surface area (Å²) in [5.41, 5.74) is 0.955. The van der Waals surface area contributed by atoms with Gasteiger partial charge in [0, 0.05) is 10.8 Å². The summed E-state index contributed by atoms with van der Waals surface area (Å²) in [5.74, 6) is -0.0995. The van der Waals surface area contributed by atoms with Crippen molar-refractivity contribution in [2.75, 3.05) is 0 Å². The molecular weight excluding hydrogens is 192 g/mol. The Morgan fingerprint density at radius 1 is 1.08 bits per heavy atom. The molecule has 0 saturated carbocycles. The van der Waals surface area contributed by atoms with Crippen molar-refractivity contribution in [3.63, 3.8) is 0 Å². The maximum absolute atomic E-state index is 11.5. The molecule has 0 radical (unpaired) electrons. The third-order valence-electron chi connectivity index (χ3n) is 1.34. The Labute approximate surface area is 77.0 Å². The molecule has 0 aliphatic rings. The van der Waals surface area contributed by atoms with E-state index in [1.807, 2.05) is 0 Å². The van der Waals surface area contributed by atoms with Gasteiger partial charge in [-0.25, -0.2) is 0 Å². The summed E-state index contributed by atoms with van der Waals surface area (Å²) in [7, 11) is 0. The molecule has 0 fully saturated rings. The van der Waals surface area contributed by atoms with Gasteiger partial charge in [-0.1, -0.05) is 0 Å². The van der Waals surface area contributed by atoms with Crippen LogP contribution in [-0.4, -0.2) is 14.5 Å². The fourth-order valence-electron chi connectivity index (χ4n) is 0.791. The summed E-state index contributed by atoms with van der Waals surface area (Å²) in [6.45, 7) is 0. The molecule has 3 nitrogen and oxygen atoms in total. The van der Waals surface area contributed by atoms with Gasteiger partial charge in [-0.15, -0.1) is 0 Å². The third-order valence-corrected chi connectivity index (χ3v) is 2.46. The molecule has 0 unspecified atom stereocenters. The molecule has 2 rings (SSSR count). The zero-order valence-electron chi connectivity index (χ0n) is 5.93. The van der Waals surface area contributed by atoms with Crippen molar-refractivity contribution in [2.24, 2.45) is 0 Å². The first-order chi connectivity index (χ1) is 5.88. The van der Waals surface area contributed by atoms with Gasteiger partial charge < -0.3 is 0 Å². The van der Waals surface area contributed by atoms with Gasteiger partial charge in [-0.3, -0.25) is 4.79 Å². The Bertz CT molecular complexity index is 330. The van der Waals surface area contributed by atoms with E-state index in [4.69, 9.17) is 0 Å². The normalized spacial score (nSPS) is 10.0. The minimum atomic E-state index is -0.0995. The Balaban J connectivity index is 2.34. The van der Waals surface area contributed by atoms with Crippen LogP contribution < -0.4 is 0 Å². The van der Waals surface area contributed by atoms with Crippen LogP contribution in [0.1, 0.15) is 16.2 Å². The number of ketones is 1. The minimum absolute atomic E-state index is 0.0995. The molecule has 0 bridgehead atoms. The van der Waals surface area contributed by atoms with Gasteiger partial charge in [-0.05, 0) is 35.2 Å². The van der Waals surface area contributed by atoms with Crippen molar-refractivity contribution in [1.29, 1.82) is 0 Å². The van der Waals surface area contributed by atoms with Gasteiger partial charge >= 0.3 is 0 Å². The minimum Gasteiger partial charge on any atom is -0.285 e. The molecule has 60 valence electrons. The summed E-state index contributed by atoms with van der Waals surface area (Å²) < 4.78 is 7.86. The van der Waals surface area contributed by atoms with Crippen LogP contribution >= 0.6 is 23.1 Å². The number of hydrogen-bond donors (Lipinski definition) is 0. The van der Waals surface area contributed by atoms with Gasteiger partial charge in [0.1, 0.15) is 11.4 Å². The maximum atomic E-state index is 11.5. The van der Waals surface area contributed by atoms with E-state index < -0.39 is 0 Å². The lowest BCUT2D eigenvalue weighted by atomic mass is 10.2. The Morgan fingerprint density at radius 2 is 1.58 bits per heavy atom. The number of nitrogens with zero attached hydrogens (tertiary/aromatic N) is 2. The molecule has 0 atom stereocenters. The smallest absolute Gasteiger partial charge is 0.231 e. The van der Waals surface area contributed by atoms with Crippen LogP contribution in [0.2, 0.25) is 0 Å². The highest BCUT2D eigenvalue weighted by molar-refractivity contribution is 7.04. The second-order valence-corrected chi connectivity index (χ2v) is 3.43. The van der Waals surface area contributed by atoms with E-state index in [-0.39, 0.29) is 5.78 Å². The lowest BCUT2D eigenvalue weighted by Gasteiger charge is -1.87. The van der Waals surface area contributed by atoms with Crippen molar-refractivity contribution in [1.82, 2.24) is 8.75 Å². The molecule has 0 spiro atoms. The average Bonchev–Trinajstić information content (AvgIpc) is 2.77. The van der Waals surface area contributed by atoms with Crippen LogP contribution in [0.25, 0.3) is 0 Å². The fraction of sp³-hybridized carbons (Fsp3) is 0. The van der Waals surface area contributed by atoms with Gasteiger partial charge in [0.05, 0.1) is 0 Å². The summed E-state index contributed by atoms with van der Waals surface area (Å²) in [5, 5.41) is 3.55. The largest absolute Gasteiger partial charge is 0.285 e. The van der Waals surface area contributed by atoms with Crippen LogP contribution in [-0.2, 0) is 0 Å². The number of carbonyl (C=O) groups excluding carboxylic acids is 1.